The number of anilines is 1. The first-order valence-corrected chi connectivity index (χ1v) is 8.99. The lowest BCUT2D eigenvalue weighted by atomic mass is 9.81. The number of aryl methyl sites for hydroxylation is 1. The molecule has 1 amide bonds. The zero-order chi connectivity index (χ0) is 20.1. The number of hydrogen-bond acceptors (Lipinski definition) is 5. The molecule has 142 valence electrons. The number of amides is 1. The highest BCUT2D eigenvalue weighted by atomic mass is 16.5. The van der Waals surface area contributed by atoms with Gasteiger partial charge in [-0.05, 0) is 49.6 Å². The average molecular weight is 377 g/mol. The normalized spacial score (nSPS) is 15.3. The second-order valence-electron chi connectivity index (χ2n) is 6.45. The first-order chi connectivity index (χ1) is 13.5. The van der Waals surface area contributed by atoms with Gasteiger partial charge in [0.2, 0.25) is 0 Å². The summed E-state index contributed by atoms with van der Waals surface area (Å²) < 4.78 is 4.94. The zero-order valence-electron chi connectivity index (χ0n) is 15.4. The Hall–Kier alpha value is -3.53. The van der Waals surface area contributed by atoms with Crippen LogP contribution in [-0.4, -0.2) is 29.3 Å². The number of carbonyl (C=O) groups excluding carboxylic acids is 3. The first-order valence-electron chi connectivity index (χ1n) is 8.99. The van der Waals surface area contributed by atoms with Crippen LogP contribution in [-0.2, 0) is 16.0 Å². The molecule has 1 N–H and O–H groups in total. The SMILES string of the molecule is [C-]#[N+]c1ccc(C(=O)Nc2ccc3c(c2)CCC(CC(=O)OCC)C3=O)cn1. The number of nitrogens with one attached hydrogen (secondary N) is 1. The maximum atomic E-state index is 12.6. The molecule has 1 aliphatic rings. The zero-order valence-corrected chi connectivity index (χ0v) is 15.4. The van der Waals surface area contributed by atoms with Crippen LogP contribution in [0.4, 0.5) is 11.5 Å². The molecule has 7 heteroatoms. The average Bonchev–Trinajstić information content (AvgIpc) is 2.70. The van der Waals surface area contributed by atoms with E-state index in [0.717, 1.165) is 5.56 Å². The third-order valence-electron chi connectivity index (χ3n) is 4.60. The van der Waals surface area contributed by atoms with Gasteiger partial charge in [0.1, 0.15) is 6.20 Å². The van der Waals surface area contributed by atoms with Gasteiger partial charge >= 0.3 is 5.97 Å². The largest absolute Gasteiger partial charge is 0.466 e. The van der Waals surface area contributed by atoms with Gasteiger partial charge in [-0.15, -0.1) is 4.98 Å². The molecule has 0 bridgehead atoms. The molecule has 3 rings (SSSR count). The predicted octanol–water partition coefficient (Wildman–Crippen LogP) is 3.58. The highest BCUT2D eigenvalue weighted by Gasteiger charge is 2.29. The van der Waals surface area contributed by atoms with Crippen molar-refractivity contribution < 1.29 is 19.1 Å². The summed E-state index contributed by atoms with van der Waals surface area (Å²) >= 11 is 0. The van der Waals surface area contributed by atoms with Crippen molar-refractivity contribution in [2.75, 3.05) is 11.9 Å². The van der Waals surface area contributed by atoms with Crippen LogP contribution < -0.4 is 5.32 Å². The lowest BCUT2D eigenvalue weighted by Gasteiger charge is -2.23. The molecule has 1 heterocycles. The molecule has 1 unspecified atom stereocenters. The molecule has 1 aromatic carbocycles. The highest BCUT2D eigenvalue weighted by molar-refractivity contribution is 6.05. The molecular weight excluding hydrogens is 358 g/mol. The van der Waals surface area contributed by atoms with Crippen LogP contribution in [0.25, 0.3) is 4.85 Å². The minimum absolute atomic E-state index is 0.0638. The summed E-state index contributed by atoms with van der Waals surface area (Å²) in [6, 6.07) is 8.16. The van der Waals surface area contributed by atoms with Crippen LogP contribution in [0.2, 0.25) is 0 Å². The Labute approximate surface area is 162 Å². The number of hydrogen-bond donors (Lipinski definition) is 1. The number of rotatable bonds is 5. The van der Waals surface area contributed by atoms with Crippen molar-refractivity contribution in [3.63, 3.8) is 0 Å². The van der Waals surface area contributed by atoms with Crippen LogP contribution in [0.1, 0.15) is 46.0 Å². The van der Waals surface area contributed by atoms with Gasteiger partial charge in [-0.25, -0.2) is 0 Å². The Balaban J connectivity index is 1.70. The monoisotopic (exact) mass is 377 g/mol. The van der Waals surface area contributed by atoms with Crippen molar-refractivity contribution in [3.05, 3.63) is 64.6 Å². The van der Waals surface area contributed by atoms with E-state index in [4.69, 9.17) is 11.3 Å². The summed E-state index contributed by atoms with van der Waals surface area (Å²) in [6.45, 7) is 8.93. The van der Waals surface area contributed by atoms with E-state index in [1.54, 1.807) is 25.1 Å². The lowest BCUT2D eigenvalue weighted by Crippen LogP contribution is -2.26. The molecule has 0 saturated heterocycles. The first kappa shape index (κ1) is 19.2. The van der Waals surface area contributed by atoms with E-state index < -0.39 is 0 Å². The van der Waals surface area contributed by atoms with Gasteiger partial charge in [-0.3, -0.25) is 14.4 Å². The van der Waals surface area contributed by atoms with Gasteiger partial charge in [0.25, 0.3) is 11.7 Å². The van der Waals surface area contributed by atoms with Gasteiger partial charge in [0.15, 0.2) is 5.78 Å². The van der Waals surface area contributed by atoms with Crippen molar-refractivity contribution >= 4 is 29.2 Å². The molecule has 0 fully saturated rings. The smallest absolute Gasteiger partial charge is 0.306 e. The van der Waals surface area contributed by atoms with Crippen molar-refractivity contribution in [2.24, 2.45) is 5.92 Å². The lowest BCUT2D eigenvalue weighted by molar-refractivity contribution is -0.144. The Bertz CT molecular complexity index is 961. The topological polar surface area (TPSA) is 89.7 Å². The Morgan fingerprint density at radius 2 is 2.14 bits per heavy atom. The van der Waals surface area contributed by atoms with E-state index in [1.165, 1.54) is 18.3 Å². The summed E-state index contributed by atoms with van der Waals surface area (Å²) in [6.07, 6.45) is 2.67. The molecule has 1 atom stereocenters. The van der Waals surface area contributed by atoms with Crippen molar-refractivity contribution in [1.29, 1.82) is 0 Å². The van der Waals surface area contributed by atoms with Crippen LogP contribution >= 0.6 is 0 Å². The van der Waals surface area contributed by atoms with Gasteiger partial charge < -0.3 is 14.9 Å². The van der Waals surface area contributed by atoms with Gasteiger partial charge in [-0.2, -0.15) is 0 Å². The van der Waals surface area contributed by atoms with E-state index in [0.29, 0.717) is 36.3 Å². The number of ether oxygens (including phenoxy) is 1. The maximum Gasteiger partial charge on any atom is 0.306 e. The van der Waals surface area contributed by atoms with E-state index in [9.17, 15) is 14.4 Å². The third kappa shape index (κ3) is 4.23. The number of aromatic nitrogens is 1. The molecule has 2 aromatic rings. The summed E-state index contributed by atoms with van der Waals surface area (Å²) in [7, 11) is 0. The summed E-state index contributed by atoms with van der Waals surface area (Å²) in [4.78, 5) is 43.7. The number of Topliss-reactive ketones (excluding diaryl/α,β-unsaturated/α-hetero) is 1. The summed E-state index contributed by atoms with van der Waals surface area (Å²) in [5.74, 6) is -0.899. The van der Waals surface area contributed by atoms with E-state index >= 15 is 0 Å². The molecule has 0 radical (unpaired) electrons. The number of pyridine rings is 1. The van der Waals surface area contributed by atoms with Gasteiger partial charge in [0, 0.05) is 17.2 Å². The van der Waals surface area contributed by atoms with Crippen LogP contribution in [0.3, 0.4) is 0 Å². The number of esters is 1. The molecule has 1 aliphatic carbocycles. The van der Waals surface area contributed by atoms with E-state index in [1.807, 2.05) is 0 Å². The Kier molecular flexibility index (Phi) is 5.80. The van der Waals surface area contributed by atoms with Gasteiger partial charge in [-0.1, -0.05) is 12.6 Å². The minimum atomic E-state index is -0.362. The predicted molar refractivity (Wildman–Crippen MR) is 102 cm³/mol. The Morgan fingerprint density at radius 3 is 2.82 bits per heavy atom. The summed E-state index contributed by atoms with van der Waals surface area (Å²) in [5, 5.41) is 2.78. The second kappa shape index (κ2) is 8.44. The van der Waals surface area contributed by atoms with Crippen molar-refractivity contribution in [3.8, 4) is 0 Å². The van der Waals surface area contributed by atoms with Crippen LogP contribution in [0.5, 0.6) is 0 Å². The minimum Gasteiger partial charge on any atom is -0.466 e. The van der Waals surface area contributed by atoms with Gasteiger partial charge in [0.05, 0.1) is 18.6 Å². The number of nitrogens with zero attached hydrogens (tertiary/aromatic N) is 2. The number of ketones is 1. The fraction of sp³-hybridized carbons (Fsp3) is 0.286. The molecule has 0 saturated carbocycles. The number of carbonyl (C=O) groups is 3. The van der Waals surface area contributed by atoms with Crippen LogP contribution in [0, 0.1) is 12.5 Å². The fourth-order valence-corrected chi connectivity index (χ4v) is 3.21. The fourth-order valence-electron chi connectivity index (χ4n) is 3.21. The molecular formula is C21H19N3O4. The standard InChI is InChI=1S/C21H19N3O4/c1-3-28-19(25)11-14-5-4-13-10-16(7-8-17(13)20(14)26)24-21(27)15-6-9-18(22-2)23-12-15/h6-10,12,14H,3-5,11H2,1H3,(H,24,27). The Morgan fingerprint density at radius 1 is 1.32 bits per heavy atom. The molecule has 28 heavy (non-hydrogen) atoms. The molecule has 0 aliphatic heterocycles. The second-order valence-corrected chi connectivity index (χ2v) is 6.45. The maximum absolute atomic E-state index is 12.6. The van der Waals surface area contributed by atoms with E-state index in [2.05, 4.69) is 15.1 Å². The van der Waals surface area contributed by atoms with Crippen LogP contribution in [0.15, 0.2) is 36.5 Å². The third-order valence-corrected chi connectivity index (χ3v) is 4.60. The van der Waals surface area contributed by atoms with E-state index in [-0.39, 0.29) is 35.8 Å². The molecule has 7 nitrogen and oxygen atoms in total. The molecule has 1 aromatic heterocycles. The molecule has 0 spiro atoms. The quantitative estimate of drug-likeness (QED) is 0.635. The van der Waals surface area contributed by atoms with Crippen molar-refractivity contribution in [2.45, 2.75) is 26.2 Å². The highest BCUT2D eigenvalue weighted by Crippen LogP contribution is 2.30. The number of benzene rings is 1. The van der Waals surface area contributed by atoms with Crippen molar-refractivity contribution in [1.82, 2.24) is 4.98 Å². The number of fused-ring (bicyclic) bond motifs is 1. The summed E-state index contributed by atoms with van der Waals surface area (Å²) in [5.41, 5.74) is 2.36.